The summed E-state index contributed by atoms with van der Waals surface area (Å²) in [5.41, 5.74) is 0. The van der Waals surface area contributed by atoms with Crippen LogP contribution in [0.1, 0.15) is 75.0 Å². The van der Waals surface area contributed by atoms with Crippen LogP contribution in [0.2, 0.25) is 0 Å². The Kier molecular flexibility index (Phi) is 4.69. The maximum absolute atomic E-state index is 12.6. The van der Waals surface area contributed by atoms with Crippen molar-refractivity contribution in [1.29, 1.82) is 0 Å². The van der Waals surface area contributed by atoms with Crippen LogP contribution in [-0.4, -0.2) is 46.9 Å². The molecule has 0 bridgehead atoms. The lowest BCUT2D eigenvalue weighted by Crippen LogP contribution is -2.43. The first-order valence-electron chi connectivity index (χ1n) is 9.29. The van der Waals surface area contributed by atoms with Gasteiger partial charge in [-0.3, -0.25) is 0 Å². The molecule has 1 saturated carbocycles. The second-order valence-electron chi connectivity index (χ2n) is 7.16. The number of likely N-dealkylation sites (tertiary alicyclic amines) is 1. The molecule has 132 valence electrons. The van der Waals surface area contributed by atoms with E-state index in [1.807, 2.05) is 4.90 Å². The number of aromatic nitrogens is 2. The van der Waals surface area contributed by atoms with E-state index in [1.54, 1.807) is 0 Å². The van der Waals surface area contributed by atoms with E-state index in [1.165, 1.54) is 12.8 Å². The predicted octanol–water partition coefficient (Wildman–Crippen LogP) is 2.75. The predicted molar refractivity (Wildman–Crippen MR) is 86.6 cm³/mol. The maximum Gasteiger partial charge on any atom is 0.318 e. The van der Waals surface area contributed by atoms with Crippen LogP contribution >= 0.6 is 0 Å². The number of carbonyl (C=O) groups excluding carboxylic acids is 1. The number of ether oxygens (including phenoxy) is 1. The van der Waals surface area contributed by atoms with Crippen LogP contribution in [0.4, 0.5) is 4.79 Å². The van der Waals surface area contributed by atoms with E-state index in [-0.39, 0.29) is 12.1 Å². The molecule has 2 aliphatic heterocycles. The fraction of sp³-hybridized carbons (Fsp3) is 0.824. The third-order valence-electron chi connectivity index (χ3n) is 5.53. The van der Waals surface area contributed by atoms with Crippen molar-refractivity contribution in [3.63, 3.8) is 0 Å². The SMILES string of the molecule is O=C(NC1CCCC1)N1CCCC1c1nc(C2CCOCC2)no1. The summed E-state index contributed by atoms with van der Waals surface area (Å²) in [4.78, 5) is 19.1. The summed E-state index contributed by atoms with van der Waals surface area (Å²) in [7, 11) is 0. The van der Waals surface area contributed by atoms with Crippen LogP contribution in [0.3, 0.4) is 0 Å². The standard InChI is InChI=1S/C17H26N4O3/c22-17(18-13-4-1-2-5-13)21-9-3-6-14(21)16-19-15(20-24-16)12-7-10-23-11-8-12/h12-14H,1-11H2,(H,18,22). The second kappa shape index (κ2) is 7.09. The van der Waals surface area contributed by atoms with Gasteiger partial charge in [-0.25, -0.2) is 4.79 Å². The van der Waals surface area contributed by atoms with E-state index in [0.717, 1.165) is 64.1 Å². The lowest BCUT2D eigenvalue weighted by molar-refractivity contribution is 0.0830. The Morgan fingerprint density at radius 3 is 2.67 bits per heavy atom. The zero-order valence-corrected chi connectivity index (χ0v) is 14.1. The van der Waals surface area contributed by atoms with Crippen molar-refractivity contribution in [3.05, 3.63) is 11.7 Å². The zero-order valence-electron chi connectivity index (χ0n) is 14.1. The largest absolute Gasteiger partial charge is 0.381 e. The highest BCUT2D eigenvalue weighted by Crippen LogP contribution is 2.33. The van der Waals surface area contributed by atoms with Gasteiger partial charge in [0.1, 0.15) is 6.04 Å². The number of hydrogen-bond acceptors (Lipinski definition) is 5. The smallest absolute Gasteiger partial charge is 0.318 e. The molecule has 0 aromatic carbocycles. The fourth-order valence-corrected chi connectivity index (χ4v) is 4.10. The van der Waals surface area contributed by atoms with Crippen molar-refractivity contribution in [2.75, 3.05) is 19.8 Å². The van der Waals surface area contributed by atoms with Gasteiger partial charge < -0.3 is 19.5 Å². The molecule has 2 amide bonds. The lowest BCUT2D eigenvalue weighted by atomic mass is 10.00. The molecule has 1 aliphatic carbocycles. The Morgan fingerprint density at radius 1 is 1.08 bits per heavy atom. The van der Waals surface area contributed by atoms with Crippen molar-refractivity contribution in [2.24, 2.45) is 0 Å². The third kappa shape index (κ3) is 3.27. The molecule has 7 nitrogen and oxygen atoms in total. The molecular formula is C17H26N4O3. The van der Waals surface area contributed by atoms with Gasteiger partial charge in [0, 0.05) is 31.7 Å². The van der Waals surface area contributed by atoms with Crippen molar-refractivity contribution in [1.82, 2.24) is 20.4 Å². The highest BCUT2D eigenvalue weighted by atomic mass is 16.5. The zero-order chi connectivity index (χ0) is 16.4. The molecule has 3 aliphatic rings. The molecule has 1 unspecified atom stereocenters. The number of urea groups is 1. The summed E-state index contributed by atoms with van der Waals surface area (Å²) in [5.74, 6) is 1.69. The van der Waals surface area contributed by atoms with E-state index in [9.17, 15) is 4.79 Å². The van der Waals surface area contributed by atoms with E-state index in [0.29, 0.717) is 17.9 Å². The van der Waals surface area contributed by atoms with Crippen molar-refractivity contribution < 1.29 is 14.1 Å². The number of rotatable bonds is 3. The summed E-state index contributed by atoms with van der Waals surface area (Å²) < 4.78 is 10.9. The second-order valence-corrected chi connectivity index (χ2v) is 7.16. The van der Waals surface area contributed by atoms with Gasteiger partial charge in [-0.15, -0.1) is 0 Å². The molecule has 1 N–H and O–H groups in total. The molecule has 1 aromatic heterocycles. The highest BCUT2D eigenvalue weighted by Gasteiger charge is 2.35. The van der Waals surface area contributed by atoms with Crippen molar-refractivity contribution >= 4 is 6.03 Å². The Labute approximate surface area is 142 Å². The maximum atomic E-state index is 12.6. The highest BCUT2D eigenvalue weighted by molar-refractivity contribution is 5.75. The molecule has 3 heterocycles. The number of hydrogen-bond donors (Lipinski definition) is 1. The fourth-order valence-electron chi connectivity index (χ4n) is 4.10. The summed E-state index contributed by atoms with van der Waals surface area (Å²) in [5, 5.41) is 7.35. The average molecular weight is 334 g/mol. The quantitative estimate of drug-likeness (QED) is 0.919. The lowest BCUT2D eigenvalue weighted by Gasteiger charge is -2.24. The summed E-state index contributed by atoms with van der Waals surface area (Å²) in [6.07, 6.45) is 8.38. The normalized spacial score (nSPS) is 26.2. The summed E-state index contributed by atoms with van der Waals surface area (Å²) in [6.45, 7) is 2.28. The first kappa shape index (κ1) is 15.9. The topological polar surface area (TPSA) is 80.5 Å². The van der Waals surface area contributed by atoms with E-state index in [2.05, 4.69) is 15.5 Å². The van der Waals surface area contributed by atoms with E-state index < -0.39 is 0 Å². The van der Waals surface area contributed by atoms with Crippen LogP contribution in [0.15, 0.2) is 4.52 Å². The molecule has 2 saturated heterocycles. The Balaban J connectivity index is 1.42. The van der Waals surface area contributed by atoms with Gasteiger partial charge in [0.2, 0.25) is 5.89 Å². The molecule has 4 rings (SSSR count). The minimum atomic E-state index is -0.0764. The van der Waals surface area contributed by atoms with Crippen LogP contribution in [0, 0.1) is 0 Å². The summed E-state index contributed by atoms with van der Waals surface area (Å²) >= 11 is 0. The van der Waals surface area contributed by atoms with Gasteiger partial charge in [-0.1, -0.05) is 18.0 Å². The molecule has 1 aromatic rings. The first-order chi connectivity index (χ1) is 11.8. The van der Waals surface area contributed by atoms with Crippen molar-refractivity contribution in [2.45, 2.75) is 69.4 Å². The molecule has 24 heavy (non-hydrogen) atoms. The van der Waals surface area contributed by atoms with Crippen molar-refractivity contribution in [3.8, 4) is 0 Å². The van der Waals surface area contributed by atoms with Crippen LogP contribution < -0.4 is 5.32 Å². The monoisotopic (exact) mass is 334 g/mol. The first-order valence-corrected chi connectivity index (χ1v) is 9.29. The van der Waals surface area contributed by atoms with Gasteiger partial charge in [0.15, 0.2) is 5.82 Å². The molecule has 3 fully saturated rings. The van der Waals surface area contributed by atoms with Gasteiger partial charge in [0.05, 0.1) is 0 Å². The van der Waals surface area contributed by atoms with Crippen LogP contribution in [0.25, 0.3) is 0 Å². The minimum absolute atomic E-state index is 0.0233. The number of carbonyl (C=O) groups is 1. The summed E-state index contributed by atoms with van der Waals surface area (Å²) in [6, 6.07) is 0.280. The Bertz CT molecular complexity index is 564. The van der Waals surface area contributed by atoms with E-state index in [4.69, 9.17) is 9.26 Å². The van der Waals surface area contributed by atoms with Crippen LogP contribution in [-0.2, 0) is 4.74 Å². The Morgan fingerprint density at radius 2 is 1.88 bits per heavy atom. The number of amides is 2. The van der Waals surface area contributed by atoms with Gasteiger partial charge >= 0.3 is 6.03 Å². The molecule has 0 radical (unpaired) electrons. The third-order valence-corrected chi connectivity index (χ3v) is 5.53. The van der Waals surface area contributed by atoms with E-state index >= 15 is 0 Å². The molecular weight excluding hydrogens is 308 g/mol. The molecule has 1 atom stereocenters. The average Bonchev–Trinajstić information content (AvgIpc) is 3.36. The number of nitrogens with one attached hydrogen (secondary N) is 1. The number of nitrogens with zero attached hydrogens (tertiary/aromatic N) is 3. The molecule has 7 heteroatoms. The molecule has 0 spiro atoms. The van der Waals surface area contributed by atoms with Gasteiger partial charge in [-0.05, 0) is 38.5 Å². The van der Waals surface area contributed by atoms with Gasteiger partial charge in [-0.2, -0.15) is 4.98 Å². The van der Waals surface area contributed by atoms with Crippen LogP contribution in [0.5, 0.6) is 0 Å². The Hall–Kier alpha value is -1.63. The van der Waals surface area contributed by atoms with Gasteiger partial charge in [0.25, 0.3) is 0 Å². The minimum Gasteiger partial charge on any atom is -0.381 e.